The van der Waals surface area contributed by atoms with Crippen molar-refractivity contribution in [3.63, 3.8) is 0 Å². The first-order valence-electron chi connectivity index (χ1n) is 9.22. The molecule has 2 aliphatic heterocycles. The van der Waals surface area contributed by atoms with Gasteiger partial charge in [0.1, 0.15) is 0 Å². The molecule has 25 heavy (non-hydrogen) atoms. The highest BCUT2D eigenvalue weighted by Crippen LogP contribution is 2.31. The van der Waals surface area contributed by atoms with Crippen LogP contribution in [-0.2, 0) is 22.6 Å². The van der Waals surface area contributed by atoms with Crippen LogP contribution >= 0.6 is 0 Å². The molecule has 1 aromatic heterocycles. The molecule has 1 aromatic carbocycles. The molecule has 4 rings (SSSR count). The molecule has 3 atom stereocenters. The van der Waals surface area contributed by atoms with Crippen molar-refractivity contribution in [2.75, 3.05) is 13.2 Å². The summed E-state index contributed by atoms with van der Waals surface area (Å²) in [6, 6.07) is 15.3. The lowest BCUT2D eigenvalue weighted by Gasteiger charge is -2.41. The Morgan fingerprint density at radius 1 is 1.16 bits per heavy atom. The zero-order valence-electron chi connectivity index (χ0n) is 14.8. The van der Waals surface area contributed by atoms with Crippen LogP contribution in [-0.4, -0.2) is 41.3 Å². The molecular weight excluding hydrogens is 312 g/mol. The van der Waals surface area contributed by atoms with E-state index in [0.29, 0.717) is 12.6 Å². The predicted octanol–water partition coefficient (Wildman–Crippen LogP) is 3.34. The number of aryl methyl sites for hydroxylation is 1. The Balaban J connectivity index is 1.38. The van der Waals surface area contributed by atoms with Crippen LogP contribution in [0.4, 0.5) is 0 Å². The fraction of sp³-hybridized carbons (Fsp3) is 0.476. The van der Waals surface area contributed by atoms with Gasteiger partial charge >= 0.3 is 0 Å². The van der Waals surface area contributed by atoms with Crippen LogP contribution in [0.1, 0.15) is 29.7 Å². The Bertz CT molecular complexity index is 674. The molecule has 0 radical (unpaired) electrons. The van der Waals surface area contributed by atoms with E-state index < -0.39 is 0 Å². The summed E-state index contributed by atoms with van der Waals surface area (Å²) in [6.45, 7) is 5.59. The van der Waals surface area contributed by atoms with Gasteiger partial charge in [0.2, 0.25) is 0 Å². The van der Waals surface area contributed by atoms with Gasteiger partial charge in [-0.25, -0.2) is 0 Å². The van der Waals surface area contributed by atoms with E-state index in [2.05, 4.69) is 41.1 Å². The van der Waals surface area contributed by atoms with E-state index in [0.717, 1.165) is 38.2 Å². The number of nitrogens with zero attached hydrogens (tertiary/aromatic N) is 2. The van der Waals surface area contributed by atoms with E-state index >= 15 is 0 Å². The molecule has 3 heterocycles. The van der Waals surface area contributed by atoms with E-state index in [1.807, 2.05) is 24.4 Å². The molecule has 0 unspecified atom stereocenters. The number of rotatable bonds is 5. The molecule has 132 valence electrons. The SMILES string of the molecule is Cc1ccc(CN2CC[C@@H](OCc3ccccn3)[C@H]3OCC[C@@H]32)cc1. The summed E-state index contributed by atoms with van der Waals surface area (Å²) in [4.78, 5) is 6.92. The molecule has 4 heteroatoms. The number of fused-ring (bicyclic) bond motifs is 1. The van der Waals surface area contributed by atoms with Crippen molar-refractivity contribution in [2.24, 2.45) is 0 Å². The fourth-order valence-electron chi connectivity index (χ4n) is 3.95. The van der Waals surface area contributed by atoms with Gasteiger partial charge in [-0.15, -0.1) is 0 Å². The molecule has 0 spiro atoms. The largest absolute Gasteiger partial charge is 0.374 e. The molecule has 0 amide bonds. The summed E-state index contributed by atoms with van der Waals surface area (Å²) >= 11 is 0. The van der Waals surface area contributed by atoms with Gasteiger partial charge in [0.15, 0.2) is 0 Å². The Labute approximate surface area is 149 Å². The normalized spacial score (nSPS) is 26.5. The highest BCUT2D eigenvalue weighted by molar-refractivity contribution is 5.21. The molecule has 2 saturated heterocycles. The minimum atomic E-state index is 0.170. The minimum absolute atomic E-state index is 0.170. The van der Waals surface area contributed by atoms with Crippen LogP contribution in [0.3, 0.4) is 0 Å². The lowest BCUT2D eigenvalue weighted by Crippen LogP contribution is -2.52. The maximum absolute atomic E-state index is 6.18. The van der Waals surface area contributed by atoms with Crippen molar-refractivity contribution >= 4 is 0 Å². The second-order valence-electron chi connectivity index (χ2n) is 7.11. The van der Waals surface area contributed by atoms with Gasteiger partial charge in [-0.1, -0.05) is 35.9 Å². The first-order valence-corrected chi connectivity index (χ1v) is 9.22. The second-order valence-corrected chi connectivity index (χ2v) is 7.11. The topological polar surface area (TPSA) is 34.6 Å². The van der Waals surface area contributed by atoms with Crippen LogP contribution in [0.2, 0.25) is 0 Å². The average Bonchev–Trinajstić information content (AvgIpc) is 3.14. The fourth-order valence-corrected chi connectivity index (χ4v) is 3.95. The minimum Gasteiger partial charge on any atom is -0.374 e. The van der Waals surface area contributed by atoms with Crippen molar-refractivity contribution in [1.82, 2.24) is 9.88 Å². The molecule has 0 N–H and O–H groups in total. The van der Waals surface area contributed by atoms with E-state index in [1.54, 1.807) is 0 Å². The van der Waals surface area contributed by atoms with E-state index in [1.165, 1.54) is 11.1 Å². The number of benzene rings is 1. The molecule has 4 nitrogen and oxygen atoms in total. The molecule has 0 saturated carbocycles. The van der Waals surface area contributed by atoms with Gasteiger partial charge in [-0.05, 0) is 37.5 Å². The van der Waals surface area contributed by atoms with Gasteiger partial charge in [-0.2, -0.15) is 0 Å². The summed E-state index contributed by atoms with van der Waals surface area (Å²) in [7, 11) is 0. The number of hydrogen-bond acceptors (Lipinski definition) is 4. The van der Waals surface area contributed by atoms with Crippen LogP contribution in [0.5, 0.6) is 0 Å². The Morgan fingerprint density at radius 2 is 2.04 bits per heavy atom. The highest BCUT2D eigenvalue weighted by Gasteiger charge is 2.42. The van der Waals surface area contributed by atoms with Gasteiger partial charge in [0.25, 0.3) is 0 Å². The summed E-state index contributed by atoms with van der Waals surface area (Å²) in [5.74, 6) is 0. The molecule has 2 fully saturated rings. The molecule has 2 aliphatic rings. The number of hydrogen-bond donors (Lipinski definition) is 0. The average molecular weight is 338 g/mol. The van der Waals surface area contributed by atoms with Crippen molar-refractivity contribution in [2.45, 2.75) is 51.2 Å². The predicted molar refractivity (Wildman–Crippen MR) is 97.2 cm³/mol. The third kappa shape index (κ3) is 3.92. The zero-order chi connectivity index (χ0) is 17.1. The number of ether oxygens (including phenoxy) is 2. The second kappa shape index (κ2) is 7.65. The van der Waals surface area contributed by atoms with Gasteiger partial charge < -0.3 is 9.47 Å². The van der Waals surface area contributed by atoms with E-state index in [4.69, 9.17) is 9.47 Å². The van der Waals surface area contributed by atoms with E-state index in [-0.39, 0.29) is 12.2 Å². The number of piperidine rings is 1. The first-order chi connectivity index (χ1) is 12.3. The Kier molecular flexibility index (Phi) is 5.11. The lowest BCUT2D eigenvalue weighted by molar-refractivity contribution is -0.106. The first kappa shape index (κ1) is 16.7. The molecule has 0 aliphatic carbocycles. The number of aromatic nitrogens is 1. The number of likely N-dealkylation sites (tertiary alicyclic amines) is 1. The maximum Gasteiger partial charge on any atom is 0.0992 e. The van der Waals surface area contributed by atoms with Crippen LogP contribution < -0.4 is 0 Å². The molecule has 0 bridgehead atoms. The summed E-state index contributed by atoms with van der Waals surface area (Å²) < 4.78 is 12.2. The van der Waals surface area contributed by atoms with Crippen molar-refractivity contribution in [1.29, 1.82) is 0 Å². The maximum atomic E-state index is 6.18. The van der Waals surface area contributed by atoms with E-state index in [9.17, 15) is 0 Å². The van der Waals surface area contributed by atoms with Crippen molar-refractivity contribution in [3.05, 3.63) is 65.5 Å². The quantitative estimate of drug-likeness (QED) is 0.837. The third-order valence-corrected chi connectivity index (χ3v) is 5.32. The summed E-state index contributed by atoms with van der Waals surface area (Å²) in [6.07, 6.45) is 4.28. The monoisotopic (exact) mass is 338 g/mol. The Hall–Kier alpha value is -1.75. The van der Waals surface area contributed by atoms with Crippen LogP contribution in [0.25, 0.3) is 0 Å². The highest BCUT2D eigenvalue weighted by atomic mass is 16.5. The van der Waals surface area contributed by atoms with Crippen LogP contribution in [0.15, 0.2) is 48.7 Å². The van der Waals surface area contributed by atoms with Crippen molar-refractivity contribution in [3.8, 4) is 0 Å². The van der Waals surface area contributed by atoms with Crippen LogP contribution in [0, 0.1) is 6.92 Å². The molecule has 2 aromatic rings. The van der Waals surface area contributed by atoms with Gasteiger partial charge in [0.05, 0.1) is 24.5 Å². The van der Waals surface area contributed by atoms with Gasteiger partial charge in [0, 0.05) is 31.9 Å². The zero-order valence-corrected chi connectivity index (χ0v) is 14.8. The smallest absolute Gasteiger partial charge is 0.0992 e. The molecular formula is C21H26N2O2. The Morgan fingerprint density at radius 3 is 2.84 bits per heavy atom. The summed E-state index contributed by atoms with van der Waals surface area (Å²) in [5, 5.41) is 0. The summed E-state index contributed by atoms with van der Waals surface area (Å²) in [5.41, 5.74) is 3.68. The standard InChI is InChI=1S/C21H26N2O2/c1-16-5-7-17(8-6-16)14-23-12-9-20(21-19(23)10-13-24-21)25-15-18-4-2-3-11-22-18/h2-8,11,19-21H,9-10,12-15H2,1H3/t19-,20+,21-/m0/s1. The van der Waals surface area contributed by atoms with Crippen molar-refractivity contribution < 1.29 is 9.47 Å². The lowest BCUT2D eigenvalue weighted by atomic mass is 9.95. The number of pyridine rings is 1. The van der Waals surface area contributed by atoms with Gasteiger partial charge in [-0.3, -0.25) is 9.88 Å². The third-order valence-electron chi connectivity index (χ3n) is 5.32.